The van der Waals surface area contributed by atoms with Gasteiger partial charge in [-0.2, -0.15) is 0 Å². The number of rotatable bonds is 6. The maximum absolute atomic E-state index is 10.4. The van der Waals surface area contributed by atoms with E-state index in [2.05, 4.69) is 0 Å². The Kier molecular flexibility index (Phi) is 4.84. The Morgan fingerprint density at radius 1 is 0.377 bits per heavy atom. The van der Waals surface area contributed by atoms with Gasteiger partial charge in [0, 0.05) is 33.2 Å². The average molecular weight is 814 g/mol. The van der Waals surface area contributed by atoms with Gasteiger partial charge in [0.05, 0.1) is 32.9 Å². The molecule has 0 fully saturated rings. The van der Waals surface area contributed by atoms with Crippen molar-refractivity contribution in [2.45, 2.75) is 62.3 Å². The van der Waals surface area contributed by atoms with Crippen molar-refractivity contribution in [2.24, 2.45) is 0 Å². The Hall–Kier alpha value is -6.90. The van der Waals surface area contributed by atoms with Crippen molar-refractivity contribution in [1.82, 2.24) is 0 Å². The Morgan fingerprint density at radius 2 is 1.07 bits per heavy atom. The molecule has 298 valence electrons. The lowest BCUT2D eigenvalue weighted by Crippen LogP contribution is -2.10. The molecule has 61 heavy (non-hydrogen) atoms. The minimum atomic E-state index is -1.07. The molecule has 0 amide bonds. The van der Waals surface area contributed by atoms with E-state index in [0.717, 1.165) is 0 Å². The number of fused-ring (bicyclic) bond motifs is 6. The molecule has 0 aliphatic carbocycles. The first-order valence-corrected chi connectivity index (χ1v) is 19.6. The molecular weight excluding hydrogens is 739 g/mol. The number of hydrogen-bond acceptors (Lipinski definition) is 2. The Bertz CT molecular complexity index is 4560. The predicted molar refractivity (Wildman–Crippen MR) is 262 cm³/mol. The van der Waals surface area contributed by atoms with E-state index in [9.17, 15) is 17.8 Å². The van der Waals surface area contributed by atoms with Gasteiger partial charge in [-0.15, -0.1) is 0 Å². The van der Waals surface area contributed by atoms with Crippen molar-refractivity contribution in [3.8, 4) is 33.4 Å². The highest BCUT2D eigenvalue weighted by atomic mass is 16.3. The molecule has 10 aromatic rings. The lowest BCUT2D eigenvalue weighted by Gasteiger charge is -2.27. The normalized spacial score (nSPS) is 17.2. The summed E-state index contributed by atoms with van der Waals surface area (Å²) in [6.45, 7) is 14.4. The van der Waals surface area contributed by atoms with E-state index in [1.54, 1.807) is 41.5 Å². The molecule has 0 unspecified atom stereocenters. The third kappa shape index (κ3) is 6.24. The summed E-state index contributed by atoms with van der Waals surface area (Å²) in [6.07, 6.45) is 0. The molecule has 0 saturated carbocycles. The predicted octanol–water partition coefficient (Wildman–Crippen LogP) is 17.1. The molecule has 2 heteroatoms. The molecule has 0 aliphatic rings. The number of aryl methyl sites for hydroxylation is 4. The van der Waals surface area contributed by atoms with Crippen LogP contribution in [0, 0.1) is 62.3 Å². The molecule has 0 radical (unpaired) electrons. The van der Waals surface area contributed by atoms with E-state index in [1.165, 1.54) is 20.8 Å². The van der Waals surface area contributed by atoms with E-state index in [1.807, 2.05) is 0 Å². The first kappa shape index (κ1) is 20.1. The van der Waals surface area contributed by atoms with Crippen molar-refractivity contribution >= 4 is 60.5 Å². The second-order valence-corrected chi connectivity index (χ2v) is 15.3. The fourth-order valence-corrected chi connectivity index (χ4v) is 8.10. The highest BCUT2D eigenvalue weighted by Crippen LogP contribution is 2.48. The summed E-state index contributed by atoms with van der Waals surface area (Å²) in [4.78, 5) is 0.681. The molecule has 10 rings (SSSR count). The molecule has 1 heterocycles. The Labute approximate surface area is 393 Å². The third-order valence-electron chi connectivity index (χ3n) is 11.5. The van der Waals surface area contributed by atoms with Crippen LogP contribution < -0.4 is 4.90 Å². The quantitative estimate of drug-likeness (QED) is 0.166. The van der Waals surface area contributed by atoms with Crippen LogP contribution in [-0.2, 0) is 0 Å². The molecule has 0 spiro atoms. The fraction of sp³-hybridized carbons (Fsp3) is 0.153. The van der Waals surface area contributed by atoms with Crippen LogP contribution in [0.15, 0.2) is 149 Å². The summed E-state index contributed by atoms with van der Waals surface area (Å²) in [7, 11) is 0. The van der Waals surface area contributed by atoms with E-state index in [-0.39, 0.29) is 108 Å². The second kappa shape index (κ2) is 14.7. The van der Waals surface area contributed by atoms with Gasteiger partial charge in [-0.3, -0.25) is 0 Å². The Balaban J connectivity index is 1.44. The van der Waals surface area contributed by atoms with Crippen LogP contribution >= 0.6 is 0 Å². The number of nitrogens with zero attached hydrogens (tertiary/aromatic N) is 1. The largest absolute Gasteiger partial charge is 0.455 e. The topological polar surface area (TPSA) is 16.4 Å². The number of anilines is 3. The summed E-state index contributed by atoms with van der Waals surface area (Å²) in [6, 6.07) is -16.1. The molecular formula is C59H51NO. The molecule has 0 atom stereocenters. The van der Waals surface area contributed by atoms with Crippen LogP contribution in [0.25, 0.3) is 76.9 Å². The molecule has 0 bridgehead atoms. The smallest absolute Gasteiger partial charge is 0.143 e. The monoisotopic (exact) mass is 814 g/mol. The van der Waals surface area contributed by atoms with Crippen LogP contribution in [-0.4, -0.2) is 0 Å². The highest BCUT2D eigenvalue weighted by Gasteiger charge is 2.24. The first-order chi connectivity index (χ1) is 39.5. The van der Waals surface area contributed by atoms with Crippen LogP contribution in [0.3, 0.4) is 0 Å². The van der Waals surface area contributed by atoms with Gasteiger partial charge in [-0.1, -0.05) is 103 Å². The van der Waals surface area contributed by atoms with Crippen LogP contribution in [0.2, 0.25) is 0 Å². The summed E-state index contributed by atoms with van der Waals surface area (Å²) in [5.74, 6) is 0. The zero-order valence-electron chi connectivity index (χ0n) is 58.9. The summed E-state index contributed by atoms with van der Waals surface area (Å²) >= 11 is 0. The fourth-order valence-electron chi connectivity index (χ4n) is 8.10. The zero-order chi connectivity index (χ0) is 63.2. The Morgan fingerprint density at radius 3 is 1.85 bits per heavy atom. The summed E-state index contributed by atoms with van der Waals surface area (Å²) in [5.41, 5.74) is -1.87. The molecule has 9 aromatic carbocycles. The van der Waals surface area contributed by atoms with Crippen molar-refractivity contribution < 1.29 is 37.3 Å². The number of hydrogen-bond donors (Lipinski definition) is 0. The van der Waals surface area contributed by atoms with Gasteiger partial charge in [0.2, 0.25) is 0 Å². The highest BCUT2D eigenvalue weighted by molar-refractivity contribution is 6.23. The average Bonchev–Trinajstić information content (AvgIpc) is 2.00. The summed E-state index contributed by atoms with van der Waals surface area (Å²) < 4.78 is 229. The van der Waals surface area contributed by atoms with Gasteiger partial charge in [0.25, 0.3) is 0 Å². The van der Waals surface area contributed by atoms with Crippen LogP contribution in [0.1, 0.15) is 83.0 Å². The van der Waals surface area contributed by atoms with Crippen molar-refractivity contribution in [1.29, 1.82) is 0 Å². The second-order valence-electron chi connectivity index (χ2n) is 15.3. The van der Waals surface area contributed by atoms with E-state index < -0.39 is 143 Å². The summed E-state index contributed by atoms with van der Waals surface area (Å²) in [5, 5.41) is 0.521. The van der Waals surface area contributed by atoms with Crippen LogP contribution in [0.5, 0.6) is 0 Å². The zero-order valence-corrected chi connectivity index (χ0v) is 34.9. The molecule has 0 N–H and O–H groups in total. The maximum atomic E-state index is 10.4. The third-order valence-corrected chi connectivity index (χ3v) is 11.5. The molecule has 1 aromatic heterocycles. The van der Waals surface area contributed by atoms with E-state index >= 15 is 0 Å². The lowest BCUT2D eigenvalue weighted by atomic mass is 9.82. The minimum Gasteiger partial charge on any atom is -0.455 e. The van der Waals surface area contributed by atoms with E-state index in [4.69, 9.17) is 19.5 Å². The van der Waals surface area contributed by atoms with Gasteiger partial charge in [-0.25, -0.2) is 0 Å². The number of benzene rings is 9. The minimum absolute atomic E-state index is 0.00767. The van der Waals surface area contributed by atoms with Crippen molar-refractivity contribution in [3.05, 3.63) is 195 Å². The van der Waals surface area contributed by atoms with E-state index in [0.29, 0.717) is 43.7 Å². The van der Waals surface area contributed by atoms with Gasteiger partial charge in [0.15, 0.2) is 0 Å². The number of furan rings is 1. The lowest BCUT2D eigenvalue weighted by molar-refractivity contribution is 0.672. The van der Waals surface area contributed by atoms with Crippen molar-refractivity contribution in [2.75, 3.05) is 4.90 Å². The SMILES string of the molecule is [2H]c1c([2H])c([2H])c(-c2c([2H])c([2H])c(N(c3c([2H])c([2H])c(-c4c([2H])c([2H])c(C)c(C)c4[2H])c(C)c3[2H])c3c([2H])c([2H])c4oc5c6c([2H])c([2H])c([2H])c(C)c6c(-c6c(C)c([2H])c7c(C)c(C)c([2H])c([2H])c7c6C)c(C)c5c4c3[2H])c([2H])c2[2H])c([2H])c1[2H]. The maximum Gasteiger partial charge on any atom is 0.143 e. The molecule has 0 saturated heterocycles. The van der Waals surface area contributed by atoms with Gasteiger partial charge in [0.1, 0.15) is 11.2 Å². The van der Waals surface area contributed by atoms with Gasteiger partial charge >= 0.3 is 0 Å². The van der Waals surface area contributed by atoms with Crippen LogP contribution in [0.4, 0.5) is 17.1 Å². The molecule has 0 aliphatic heterocycles. The first-order valence-electron chi connectivity index (χ1n) is 31.6. The molecule has 2 nitrogen and oxygen atoms in total. The van der Waals surface area contributed by atoms with Gasteiger partial charge in [-0.05, 0) is 204 Å². The van der Waals surface area contributed by atoms with Gasteiger partial charge < -0.3 is 9.32 Å². The standard InChI is InChI=1S/C59H51NO/c1-34-18-20-45(30-37(34)4)49-28-25-47(31-38(49)5)60(46-23-21-44(22-24-46)43-15-11-10-12-16-43)48-26-29-54-53(33-48)57-42(9)58(56-36(3)14-13-17-51(56)59(57)61-54)55-39(6)32-52-40(7)35(2)19-27-50(52)41(55)8/h10-33H,1-9H3/i10D,11D,12D,13D,14D,15D,16D,17D,18D,19D,20D,21D,22D,23D,24D,25D,26D,27D,28D,29D,30D,31D,32D,33D. The van der Waals surface area contributed by atoms with Crippen molar-refractivity contribution in [3.63, 3.8) is 0 Å².